The van der Waals surface area contributed by atoms with E-state index in [9.17, 15) is 0 Å². The number of nitrogens with two attached hydrogens (primary N) is 2. The van der Waals surface area contributed by atoms with Gasteiger partial charge in [-0.3, -0.25) is 0 Å². The van der Waals surface area contributed by atoms with Gasteiger partial charge in [0, 0.05) is 13.5 Å². The monoisotopic (exact) mass is 269 g/mol. The Morgan fingerprint density at radius 1 is 0.750 bits per heavy atom. The van der Waals surface area contributed by atoms with Gasteiger partial charge in [0.1, 0.15) is 0 Å². The molecule has 2 heteroatoms. The lowest BCUT2D eigenvalue weighted by molar-refractivity contribution is 0.514. The fourth-order valence-electron chi connectivity index (χ4n) is 2.32. The van der Waals surface area contributed by atoms with E-state index >= 15 is 0 Å². The summed E-state index contributed by atoms with van der Waals surface area (Å²) in [5.41, 5.74) is 14.6. The van der Waals surface area contributed by atoms with Gasteiger partial charge in [-0.15, -0.1) is 0 Å². The molecule has 2 nitrogen and oxygen atoms in total. The van der Waals surface area contributed by atoms with Crippen LogP contribution in [0.4, 0.5) is 0 Å². The third-order valence-electron chi connectivity index (χ3n) is 3.42. The molecule has 2 aromatic carbocycles. The Labute approximate surface area is 123 Å². The highest BCUT2D eigenvalue weighted by Gasteiger charge is 2.08. The van der Waals surface area contributed by atoms with E-state index in [1.54, 1.807) is 0 Å². The van der Waals surface area contributed by atoms with Crippen LogP contribution in [0, 0.1) is 0 Å². The molecule has 0 aliphatic rings. The van der Waals surface area contributed by atoms with Crippen molar-refractivity contribution in [2.24, 2.45) is 11.5 Å². The molecule has 0 aromatic heterocycles. The molecule has 0 spiro atoms. The fourth-order valence-corrected chi connectivity index (χ4v) is 2.32. The Morgan fingerprint density at radius 2 is 1.25 bits per heavy atom. The molecule has 0 saturated heterocycles. The summed E-state index contributed by atoms with van der Waals surface area (Å²) >= 11 is 0. The Bertz CT molecular complexity index is 515. The highest BCUT2D eigenvalue weighted by Crippen LogP contribution is 2.10. The molecule has 20 heavy (non-hydrogen) atoms. The summed E-state index contributed by atoms with van der Waals surface area (Å²) in [6.07, 6.45) is 2.10. The first-order valence-corrected chi connectivity index (χ1v) is 7.19. The SMILES string of the molecule is [2H]C(c1ccccc1)[C@@H](N)CC[C@H](N)Cc1ccccc1. The maximum atomic E-state index is 8.22. The largest absolute Gasteiger partial charge is 0.327 e. The van der Waals surface area contributed by atoms with E-state index in [1.165, 1.54) is 5.56 Å². The maximum absolute atomic E-state index is 8.22. The third-order valence-corrected chi connectivity index (χ3v) is 3.42. The molecule has 106 valence electrons. The second kappa shape index (κ2) is 7.83. The van der Waals surface area contributed by atoms with E-state index in [2.05, 4.69) is 12.1 Å². The van der Waals surface area contributed by atoms with Gasteiger partial charge in [-0.1, -0.05) is 60.7 Å². The van der Waals surface area contributed by atoms with Crippen LogP contribution in [-0.2, 0) is 12.8 Å². The molecular weight excluding hydrogens is 244 g/mol. The van der Waals surface area contributed by atoms with E-state index in [0.29, 0.717) is 0 Å². The molecule has 0 heterocycles. The molecule has 2 aromatic rings. The van der Waals surface area contributed by atoms with Gasteiger partial charge in [0.25, 0.3) is 0 Å². The zero-order valence-corrected chi connectivity index (χ0v) is 11.8. The van der Waals surface area contributed by atoms with Crippen LogP contribution in [0.15, 0.2) is 60.7 Å². The van der Waals surface area contributed by atoms with Crippen molar-refractivity contribution in [2.75, 3.05) is 0 Å². The van der Waals surface area contributed by atoms with Crippen molar-refractivity contribution in [3.8, 4) is 0 Å². The molecule has 0 aliphatic heterocycles. The van der Waals surface area contributed by atoms with E-state index < -0.39 is 0 Å². The third kappa shape index (κ3) is 5.16. The Hall–Kier alpha value is -1.64. The van der Waals surface area contributed by atoms with Crippen LogP contribution in [0.25, 0.3) is 0 Å². The van der Waals surface area contributed by atoms with Crippen molar-refractivity contribution in [1.29, 1.82) is 0 Å². The molecular formula is C18H24N2. The van der Waals surface area contributed by atoms with Gasteiger partial charge < -0.3 is 11.5 Å². The van der Waals surface area contributed by atoms with Gasteiger partial charge >= 0.3 is 0 Å². The topological polar surface area (TPSA) is 52.0 Å². The summed E-state index contributed by atoms with van der Waals surface area (Å²) in [5, 5.41) is 0. The first kappa shape index (κ1) is 13.3. The summed E-state index contributed by atoms with van der Waals surface area (Å²) in [6.45, 7) is 0. The lowest BCUT2D eigenvalue weighted by Crippen LogP contribution is -2.29. The minimum Gasteiger partial charge on any atom is -0.327 e. The van der Waals surface area contributed by atoms with Gasteiger partial charge in [0.15, 0.2) is 0 Å². The minimum absolute atomic E-state index is 0.0985. The Kier molecular flexibility index (Phi) is 5.23. The Balaban J connectivity index is 1.79. The predicted octanol–water partition coefficient (Wildman–Crippen LogP) is 2.91. The molecule has 0 saturated carbocycles. The zero-order chi connectivity index (χ0) is 15.1. The minimum atomic E-state index is -0.380. The van der Waals surface area contributed by atoms with Gasteiger partial charge in [-0.25, -0.2) is 0 Å². The quantitative estimate of drug-likeness (QED) is 0.812. The molecule has 3 atom stereocenters. The first-order valence-electron chi connectivity index (χ1n) is 7.77. The molecule has 0 fully saturated rings. The van der Waals surface area contributed by atoms with Crippen molar-refractivity contribution in [3.05, 3.63) is 71.8 Å². The van der Waals surface area contributed by atoms with Crippen molar-refractivity contribution >= 4 is 0 Å². The van der Waals surface area contributed by atoms with Crippen molar-refractivity contribution < 1.29 is 1.37 Å². The number of benzene rings is 2. The fraction of sp³-hybridized carbons (Fsp3) is 0.333. The van der Waals surface area contributed by atoms with Gasteiger partial charge in [-0.2, -0.15) is 0 Å². The van der Waals surface area contributed by atoms with Crippen molar-refractivity contribution in [3.63, 3.8) is 0 Å². The van der Waals surface area contributed by atoms with Crippen molar-refractivity contribution in [1.82, 2.24) is 0 Å². The van der Waals surface area contributed by atoms with Gasteiger partial charge in [0.05, 0.1) is 0 Å². The second-order valence-electron chi connectivity index (χ2n) is 5.27. The normalized spacial score (nSPS) is 16.2. The van der Waals surface area contributed by atoms with Crippen LogP contribution in [-0.4, -0.2) is 12.1 Å². The Morgan fingerprint density at radius 3 is 1.85 bits per heavy atom. The second-order valence-corrected chi connectivity index (χ2v) is 5.27. The molecule has 0 radical (unpaired) electrons. The van der Waals surface area contributed by atoms with Crippen LogP contribution >= 0.6 is 0 Å². The first-order chi connectivity index (χ1) is 10.2. The standard InChI is InChI=1S/C18H24N2/c19-17(13-15-7-3-1-4-8-15)11-12-18(20)14-16-9-5-2-6-10-16/h1-10,17-18H,11-14,19-20H2/t17-,18-/m0/s1/i13D/t13?,17-,18-. The van der Waals surface area contributed by atoms with Crippen LogP contribution in [0.5, 0.6) is 0 Å². The molecule has 1 unspecified atom stereocenters. The summed E-state index contributed by atoms with van der Waals surface area (Å²) in [5.74, 6) is 0. The van der Waals surface area contributed by atoms with Crippen molar-refractivity contribution in [2.45, 2.75) is 37.7 Å². The molecule has 4 N–H and O–H groups in total. The zero-order valence-electron chi connectivity index (χ0n) is 12.8. The van der Waals surface area contributed by atoms with Gasteiger partial charge in [0.2, 0.25) is 0 Å². The molecule has 0 bridgehead atoms. The van der Waals surface area contributed by atoms with Crippen LogP contribution in [0.2, 0.25) is 0 Å². The highest BCUT2D eigenvalue weighted by molar-refractivity contribution is 5.16. The van der Waals surface area contributed by atoms with E-state index in [1.807, 2.05) is 48.5 Å². The predicted molar refractivity (Wildman–Crippen MR) is 85.5 cm³/mol. The summed E-state index contributed by atoms with van der Waals surface area (Å²) < 4.78 is 8.22. The van der Waals surface area contributed by atoms with Crippen LogP contribution in [0.3, 0.4) is 0 Å². The highest BCUT2D eigenvalue weighted by atomic mass is 14.7. The summed E-state index contributed by atoms with van der Waals surface area (Å²) in [7, 11) is 0. The van der Waals surface area contributed by atoms with E-state index in [-0.39, 0.29) is 18.5 Å². The number of rotatable bonds is 7. The summed E-state index contributed by atoms with van der Waals surface area (Å²) in [6, 6.07) is 20.0. The van der Waals surface area contributed by atoms with Crippen LogP contribution in [0.1, 0.15) is 25.3 Å². The lowest BCUT2D eigenvalue weighted by Gasteiger charge is -2.16. The van der Waals surface area contributed by atoms with E-state index in [0.717, 1.165) is 24.8 Å². The lowest BCUT2D eigenvalue weighted by atomic mass is 9.97. The maximum Gasteiger partial charge on any atom is 0.0332 e. The number of hydrogen-bond donors (Lipinski definition) is 2. The summed E-state index contributed by atoms with van der Waals surface area (Å²) in [4.78, 5) is 0. The molecule has 2 rings (SSSR count). The molecule has 0 amide bonds. The molecule has 0 aliphatic carbocycles. The average Bonchev–Trinajstić information content (AvgIpc) is 2.53. The van der Waals surface area contributed by atoms with Gasteiger partial charge in [-0.05, 0) is 36.8 Å². The number of hydrogen-bond acceptors (Lipinski definition) is 2. The average molecular weight is 269 g/mol. The van der Waals surface area contributed by atoms with Crippen LogP contribution < -0.4 is 11.5 Å². The van der Waals surface area contributed by atoms with E-state index in [4.69, 9.17) is 12.8 Å². The smallest absolute Gasteiger partial charge is 0.0332 e.